The number of carbonyl (C=O) groups excluding carboxylic acids is 3. The quantitative estimate of drug-likeness (QED) is 0.117. The molecule has 2 aliphatic heterocycles. The van der Waals surface area contributed by atoms with Crippen LogP contribution >= 0.6 is 23.1 Å². The Morgan fingerprint density at radius 1 is 1.44 bits per heavy atom. The summed E-state index contributed by atoms with van der Waals surface area (Å²) in [5.74, 6) is -3.12. The molecule has 0 saturated carbocycles. The van der Waals surface area contributed by atoms with Gasteiger partial charge < -0.3 is 30.7 Å². The van der Waals surface area contributed by atoms with Gasteiger partial charge in [-0.15, -0.1) is 11.8 Å². The number of amides is 2. The van der Waals surface area contributed by atoms with Crippen molar-refractivity contribution in [3.63, 3.8) is 0 Å². The van der Waals surface area contributed by atoms with Crippen LogP contribution in [0.1, 0.15) is 5.82 Å². The van der Waals surface area contributed by atoms with E-state index < -0.39 is 34.9 Å². The molecule has 1 fully saturated rings. The Morgan fingerprint density at radius 2 is 2.26 bits per heavy atom. The SMILES string of the molecule is Nc1nc(/C(=N\O)C(=O)NC2C(=O)N3C(C(=O)[O-])=C(C[n+]4cccc5ccsc54)CSC23)no1. The van der Waals surface area contributed by atoms with Crippen LogP contribution in [0.4, 0.5) is 6.01 Å². The van der Waals surface area contributed by atoms with Gasteiger partial charge >= 0.3 is 6.01 Å². The number of carboxylic acids is 1. The number of β-lactam (4-membered cyclic amide) rings is 1. The van der Waals surface area contributed by atoms with E-state index in [1.54, 1.807) is 0 Å². The van der Waals surface area contributed by atoms with Crippen molar-refractivity contribution >= 4 is 62.8 Å². The Morgan fingerprint density at radius 3 is 2.97 bits per heavy atom. The van der Waals surface area contributed by atoms with Gasteiger partial charge in [0, 0.05) is 17.4 Å². The molecule has 2 amide bonds. The van der Waals surface area contributed by atoms with E-state index in [0.717, 1.165) is 15.1 Å². The predicted molar refractivity (Wildman–Crippen MR) is 116 cm³/mol. The maximum absolute atomic E-state index is 12.9. The molecule has 0 radical (unpaired) electrons. The lowest BCUT2D eigenvalue weighted by Crippen LogP contribution is -2.71. The van der Waals surface area contributed by atoms with Crippen molar-refractivity contribution in [2.45, 2.75) is 18.0 Å². The average molecular weight is 502 g/mol. The van der Waals surface area contributed by atoms with Gasteiger partial charge in [0.1, 0.15) is 11.4 Å². The number of pyridine rings is 1. The van der Waals surface area contributed by atoms with Crippen molar-refractivity contribution < 1.29 is 33.8 Å². The number of fused-ring (bicyclic) bond motifs is 2. The molecule has 13 nitrogen and oxygen atoms in total. The van der Waals surface area contributed by atoms with E-state index in [0.29, 0.717) is 11.3 Å². The van der Waals surface area contributed by atoms with E-state index in [-0.39, 0.29) is 24.1 Å². The Labute approximate surface area is 198 Å². The van der Waals surface area contributed by atoms with E-state index in [1.807, 2.05) is 34.3 Å². The third-order valence-corrected chi connectivity index (χ3v) is 7.64. The maximum atomic E-state index is 12.9. The zero-order valence-electron chi connectivity index (χ0n) is 17.1. The second-order valence-corrected chi connectivity index (χ2v) is 9.32. The summed E-state index contributed by atoms with van der Waals surface area (Å²) in [5, 5.41) is 32.2. The number of anilines is 1. The second kappa shape index (κ2) is 8.42. The highest BCUT2D eigenvalue weighted by Gasteiger charge is 2.53. The molecule has 2 atom stereocenters. The Kier molecular flexibility index (Phi) is 5.41. The number of nitrogens with two attached hydrogens (primary N) is 1. The Balaban J connectivity index is 1.37. The molecule has 0 bridgehead atoms. The molecule has 0 aromatic carbocycles. The van der Waals surface area contributed by atoms with E-state index in [1.165, 1.54) is 23.1 Å². The standard InChI is InChI=1S/C19H15N7O6S2/c20-19-22-13(24-32-19)10(23-31)14(27)21-11-15(28)26-12(18(29)30)9(7-34-17(11)26)6-25-4-1-2-8-3-5-33-16(8)25/h1-5,11,17H,6-7H2,(H4-,20,21,22,24,27,29,30,31). The fraction of sp³-hybridized carbons (Fsp3) is 0.211. The highest BCUT2D eigenvalue weighted by molar-refractivity contribution is 8.00. The summed E-state index contributed by atoms with van der Waals surface area (Å²) in [7, 11) is 0. The van der Waals surface area contributed by atoms with Gasteiger partial charge in [0.05, 0.1) is 17.1 Å². The lowest BCUT2D eigenvalue weighted by atomic mass is 10.0. The third kappa shape index (κ3) is 3.54. The molecule has 5 heterocycles. The monoisotopic (exact) mass is 501 g/mol. The number of carbonyl (C=O) groups is 3. The van der Waals surface area contributed by atoms with Gasteiger partial charge in [-0.2, -0.15) is 9.55 Å². The number of oxime groups is 1. The molecule has 34 heavy (non-hydrogen) atoms. The normalized spacial score (nSPS) is 20.3. The molecule has 4 N–H and O–H groups in total. The molecule has 3 aromatic heterocycles. The molecule has 3 aromatic rings. The fourth-order valence-corrected chi connectivity index (χ4v) is 6.06. The van der Waals surface area contributed by atoms with Crippen LogP contribution in [0, 0.1) is 0 Å². The predicted octanol–water partition coefficient (Wildman–Crippen LogP) is -1.56. The highest BCUT2D eigenvalue weighted by atomic mass is 32.2. The Hall–Kier alpha value is -3.98. The number of aliphatic carboxylic acids is 1. The first-order chi connectivity index (χ1) is 16.4. The molecule has 2 aliphatic rings. The van der Waals surface area contributed by atoms with Crippen LogP contribution in [0.25, 0.3) is 10.2 Å². The van der Waals surface area contributed by atoms with E-state index in [4.69, 9.17) is 5.73 Å². The minimum atomic E-state index is -1.47. The Bertz CT molecular complexity index is 1400. The molecule has 174 valence electrons. The molecular weight excluding hydrogens is 486 g/mol. The van der Waals surface area contributed by atoms with Crippen molar-refractivity contribution in [2.24, 2.45) is 5.16 Å². The van der Waals surface area contributed by atoms with Crippen molar-refractivity contribution in [3.05, 3.63) is 46.9 Å². The number of thiophene rings is 1. The number of carboxylic acid groups (broad SMARTS) is 1. The van der Waals surface area contributed by atoms with Gasteiger partial charge in [-0.1, -0.05) is 21.6 Å². The summed E-state index contributed by atoms with van der Waals surface area (Å²) in [4.78, 5) is 43.1. The first kappa shape index (κ1) is 21.8. The van der Waals surface area contributed by atoms with E-state index in [9.17, 15) is 24.7 Å². The van der Waals surface area contributed by atoms with Gasteiger partial charge in [-0.25, -0.2) is 0 Å². The van der Waals surface area contributed by atoms with Crippen LogP contribution in [0.5, 0.6) is 0 Å². The molecule has 0 aliphatic carbocycles. The van der Waals surface area contributed by atoms with Crippen molar-refractivity contribution in [2.75, 3.05) is 11.5 Å². The van der Waals surface area contributed by atoms with Gasteiger partial charge in [0.2, 0.25) is 11.5 Å². The highest BCUT2D eigenvalue weighted by Crippen LogP contribution is 2.40. The van der Waals surface area contributed by atoms with Gasteiger partial charge in [-0.3, -0.25) is 14.5 Å². The molecule has 2 unspecified atom stereocenters. The summed E-state index contributed by atoms with van der Waals surface area (Å²) < 4.78 is 6.48. The first-order valence-electron chi connectivity index (χ1n) is 9.75. The van der Waals surface area contributed by atoms with Gasteiger partial charge in [0.15, 0.2) is 12.7 Å². The molecule has 0 spiro atoms. The van der Waals surface area contributed by atoms with Crippen molar-refractivity contribution in [1.82, 2.24) is 20.4 Å². The number of hydrogen-bond acceptors (Lipinski definition) is 12. The number of rotatable bonds is 6. The zero-order chi connectivity index (χ0) is 24.0. The summed E-state index contributed by atoms with van der Waals surface area (Å²) >= 11 is 2.83. The number of hydrogen-bond donors (Lipinski definition) is 3. The van der Waals surface area contributed by atoms with E-state index >= 15 is 0 Å². The third-order valence-electron chi connectivity index (χ3n) is 5.33. The van der Waals surface area contributed by atoms with Crippen molar-refractivity contribution in [3.8, 4) is 0 Å². The minimum Gasteiger partial charge on any atom is -0.543 e. The number of nitrogens with one attached hydrogen (secondary N) is 1. The molecular formula is C19H15N7O6S2. The maximum Gasteiger partial charge on any atom is 0.319 e. The molecule has 15 heteroatoms. The van der Waals surface area contributed by atoms with E-state index in [2.05, 4.69) is 25.1 Å². The van der Waals surface area contributed by atoms with Crippen LogP contribution < -0.4 is 20.7 Å². The van der Waals surface area contributed by atoms with Crippen molar-refractivity contribution in [1.29, 1.82) is 0 Å². The topological polar surface area (TPSA) is 191 Å². The second-order valence-electron chi connectivity index (χ2n) is 7.32. The molecule has 5 rings (SSSR count). The van der Waals surface area contributed by atoms with Gasteiger partial charge in [0.25, 0.3) is 16.6 Å². The number of nitrogens with zero attached hydrogens (tertiary/aromatic N) is 5. The first-order valence-corrected chi connectivity index (χ1v) is 11.7. The largest absolute Gasteiger partial charge is 0.543 e. The summed E-state index contributed by atoms with van der Waals surface area (Å²) in [5.41, 5.74) is 5.02. The molecule has 1 saturated heterocycles. The van der Waals surface area contributed by atoms with Crippen LogP contribution in [-0.4, -0.2) is 60.9 Å². The fourth-order valence-electron chi connectivity index (χ4n) is 3.85. The lowest BCUT2D eigenvalue weighted by molar-refractivity contribution is -0.661. The van der Waals surface area contributed by atoms with Crippen LogP contribution in [0.15, 0.2) is 50.7 Å². The summed E-state index contributed by atoms with van der Waals surface area (Å²) in [6.07, 6.45) is 1.84. The van der Waals surface area contributed by atoms with Crippen LogP contribution in [0.3, 0.4) is 0 Å². The van der Waals surface area contributed by atoms with Gasteiger partial charge in [-0.05, 0) is 17.5 Å². The zero-order valence-corrected chi connectivity index (χ0v) is 18.7. The number of thioether (sulfide) groups is 1. The number of nitrogen functional groups attached to an aromatic ring is 1. The van der Waals surface area contributed by atoms with Crippen LogP contribution in [-0.2, 0) is 20.9 Å². The summed E-state index contributed by atoms with van der Waals surface area (Å²) in [6, 6.07) is 4.40. The lowest BCUT2D eigenvalue weighted by Gasteiger charge is -2.50. The smallest absolute Gasteiger partial charge is 0.319 e. The summed E-state index contributed by atoms with van der Waals surface area (Å²) in [6.45, 7) is 0.266. The number of aromatic nitrogens is 3. The van der Waals surface area contributed by atoms with Crippen LogP contribution in [0.2, 0.25) is 0 Å². The average Bonchev–Trinajstić information content (AvgIpc) is 3.47. The minimum absolute atomic E-state index is 0.206.